The Hall–Kier alpha value is -1.80. The summed E-state index contributed by atoms with van der Waals surface area (Å²) >= 11 is 1.78. The van der Waals surface area contributed by atoms with Gasteiger partial charge in [-0.2, -0.15) is 0 Å². The summed E-state index contributed by atoms with van der Waals surface area (Å²) in [5, 5.41) is 14.7. The average molecular weight is 434 g/mol. The molecule has 0 radical (unpaired) electrons. The SMILES string of the molecule is COCCn1nnnc1C(c1cccs1)N1CCC(Cc2ccccc2)CC1.Cl. The van der Waals surface area contributed by atoms with E-state index in [1.165, 1.54) is 29.7 Å². The number of benzene rings is 1. The first kappa shape index (κ1) is 21.9. The minimum atomic E-state index is 0. The highest BCUT2D eigenvalue weighted by Crippen LogP contribution is 2.34. The van der Waals surface area contributed by atoms with E-state index >= 15 is 0 Å². The monoisotopic (exact) mass is 433 g/mol. The molecular formula is C21H28ClN5OS. The van der Waals surface area contributed by atoms with E-state index in [2.05, 4.69) is 68.3 Å². The molecular weight excluding hydrogens is 406 g/mol. The van der Waals surface area contributed by atoms with Gasteiger partial charge >= 0.3 is 0 Å². The molecule has 1 saturated heterocycles. The van der Waals surface area contributed by atoms with Gasteiger partial charge in [0.1, 0.15) is 6.04 Å². The fourth-order valence-electron chi connectivity index (χ4n) is 4.02. The van der Waals surface area contributed by atoms with Crippen LogP contribution in [0.15, 0.2) is 47.8 Å². The smallest absolute Gasteiger partial charge is 0.173 e. The fraction of sp³-hybridized carbons (Fsp3) is 0.476. The zero-order valence-corrected chi connectivity index (χ0v) is 18.3. The van der Waals surface area contributed by atoms with E-state index in [4.69, 9.17) is 4.74 Å². The quantitative estimate of drug-likeness (QED) is 0.540. The van der Waals surface area contributed by atoms with Crippen molar-refractivity contribution in [3.8, 4) is 0 Å². The predicted octanol–water partition coefficient (Wildman–Crippen LogP) is 3.85. The van der Waals surface area contributed by atoms with Crippen molar-refractivity contribution in [2.45, 2.75) is 31.8 Å². The van der Waals surface area contributed by atoms with Crippen LogP contribution in [0.4, 0.5) is 0 Å². The van der Waals surface area contributed by atoms with Crippen molar-refractivity contribution < 1.29 is 4.74 Å². The van der Waals surface area contributed by atoms with Crippen LogP contribution in [-0.2, 0) is 17.7 Å². The van der Waals surface area contributed by atoms with E-state index in [1.807, 2.05) is 4.68 Å². The van der Waals surface area contributed by atoms with Gasteiger partial charge in [0, 0.05) is 12.0 Å². The molecule has 156 valence electrons. The van der Waals surface area contributed by atoms with E-state index in [0.29, 0.717) is 13.2 Å². The topological polar surface area (TPSA) is 56.1 Å². The molecule has 1 fully saturated rings. The van der Waals surface area contributed by atoms with Gasteiger partial charge in [0.05, 0.1) is 13.2 Å². The molecule has 3 aromatic rings. The van der Waals surface area contributed by atoms with E-state index in [9.17, 15) is 0 Å². The summed E-state index contributed by atoms with van der Waals surface area (Å²) in [4.78, 5) is 3.84. The molecule has 2 aromatic heterocycles. The number of ether oxygens (including phenoxy) is 1. The molecule has 0 saturated carbocycles. The van der Waals surface area contributed by atoms with Gasteiger partial charge in [-0.1, -0.05) is 36.4 Å². The number of hydrogen-bond donors (Lipinski definition) is 0. The lowest BCUT2D eigenvalue weighted by Gasteiger charge is -2.36. The van der Waals surface area contributed by atoms with Crippen molar-refractivity contribution in [2.24, 2.45) is 5.92 Å². The van der Waals surface area contributed by atoms with Crippen LogP contribution in [0.5, 0.6) is 0 Å². The van der Waals surface area contributed by atoms with Crippen LogP contribution in [-0.4, -0.2) is 51.9 Å². The van der Waals surface area contributed by atoms with Crippen LogP contribution >= 0.6 is 23.7 Å². The second kappa shape index (κ2) is 10.8. The maximum Gasteiger partial charge on any atom is 0.173 e. The first-order valence-corrected chi connectivity index (χ1v) is 10.8. The number of methoxy groups -OCH3 is 1. The number of hydrogen-bond acceptors (Lipinski definition) is 6. The lowest BCUT2D eigenvalue weighted by Crippen LogP contribution is -2.38. The van der Waals surface area contributed by atoms with Gasteiger partial charge in [-0.3, -0.25) is 4.90 Å². The molecule has 0 bridgehead atoms. The third-order valence-electron chi connectivity index (χ3n) is 5.51. The van der Waals surface area contributed by atoms with Crippen LogP contribution in [0.1, 0.15) is 35.1 Å². The molecule has 1 aliphatic rings. The molecule has 1 aromatic carbocycles. The number of rotatable bonds is 8. The van der Waals surface area contributed by atoms with Gasteiger partial charge in [-0.15, -0.1) is 28.8 Å². The Balaban J connectivity index is 0.00000240. The van der Waals surface area contributed by atoms with Gasteiger partial charge in [0.2, 0.25) is 0 Å². The number of likely N-dealkylation sites (tertiary alicyclic amines) is 1. The maximum atomic E-state index is 5.23. The molecule has 0 spiro atoms. The number of halogens is 1. The summed E-state index contributed by atoms with van der Waals surface area (Å²) in [5.74, 6) is 1.66. The molecule has 0 N–H and O–H groups in total. The first-order chi connectivity index (χ1) is 13.8. The van der Waals surface area contributed by atoms with Crippen LogP contribution in [0, 0.1) is 5.92 Å². The normalized spacial score (nSPS) is 16.4. The molecule has 1 atom stereocenters. The van der Waals surface area contributed by atoms with Crippen LogP contribution < -0.4 is 0 Å². The van der Waals surface area contributed by atoms with Gasteiger partial charge in [-0.05, 0) is 65.7 Å². The van der Waals surface area contributed by atoms with Gasteiger partial charge in [0.25, 0.3) is 0 Å². The Labute approximate surface area is 182 Å². The van der Waals surface area contributed by atoms with Gasteiger partial charge in [0.15, 0.2) is 5.82 Å². The van der Waals surface area contributed by atoms with Crippen LogP contribution in [0.2, 0.25) is 0 Å². The maximum absolute atomic E-state index is 5.23. The lowest BCUT2D eigenvalue weighted by atomic mass is 9.89. The van der Waals surface area contributed by atoms with E-state index in [-0.39, 0.29) is 18.4 Å². The van der Waals surface area contributed by atoms with Crippen molar-refractivity contribution in [3.63, 3.8) is 0 Å². The first-order valence-electron chi connectivity index (χ1n) is 9.91. The summed E-state index contributed by atoms with van der Waals surface area (Å²) in [7, 11) is 1.71. The Bertz CT molecular complexity index is 834. The highest BCUT2D eigenvalue weighted by Gasteiger charge is 2.31. The zero-order chi connectivity index (χ0) is 19.2. The summed E-state index contributed by atoms with van der Waals surface area (Å²) in [6.07, 6.45) is 3.58. The summed E-state index contributed by atoms with van der Waals surface area (Å²) in [6, 6.07) is 15.3. The van der Waals surface area contributed by atoms with Crippen molar-refractivity contribution >= 4 is 23.7 Å². The molecule has 4 rings (SSSR count). The third kappa shape index (κ3) is 5.42. The molecule has 3 heterocycles. The van der Waals surface area contributed by atoms with Crippen LogP contribution in [0.3, 0.4) is 0 Å². The molecule has 0 aliphatic carbocycles. The number of piperidine rings is 1. The van der Waals surface area contributed by atoms with Crippen molar-refractivity contribution in [3.05, 3.63) is 64.1 Å². The predicted molar refractivity (Wildman–Crippen MR) is 118 cm³/mol. The molecule has 1 aliphatic heterocycles. The minimum absolute atomic E-state index is 0. The Morgan fingerprint density at radius 3 is 2.62 bits per heavy atom. The van der Waals surface area contributed by atoms with E-state index < -0.39 is 0 Å². The molecule has 8 heteroatoms. The second-order valence-electron chi connectivity index (χ2n) is 7.34. The highest BCUT2D eigenvalue weighted by atomic mass is 35.5. The second-order valence-corrected chi connectivity index (χ2v) is 8.32. The van der Waals surface area contributed by atoms with E-state index in [0.717, 1.165) is 24.8 Å². The minimum Gasteiger partial charge on any atom is -0.383 e. The van der Waals surface area contributed by atoms with Gasteiger partial charge < -0.3 is 4.74 Å². The van der Waals surface area contributed by atoms with Crippen LogP contribution in [0.25, 0.3) is 0 Å². The number of nitrogens with zero attached hydrogens (tertiary/aromatic N) is 5. The van der Waals surface area contributed by atoms with Crippen molar-refractivity contribution in [1.82, 2.24) is 25.1 Å². The molecule has 29 heavy (non-hydrogen) atoms. The Morgan fingerprint density at radius 1 is 1.14 bits per heavy atom. The standard InChI is InChI=1S/C21H27N5OS.ClH/c1-27-14-13-26-21(22-23-24-26)20(19-8-5-15-28-19)25-11-9-18(10-12-25)16-17-6-3-2-4-7-17;/h2-8,15,18,20H,9-14,16H2,1H3;1H. The van der Waals surface area contributed by atoms with Crippen molar-refractivity contribution in [1.29, 1.82) is 0 Å². The average Bonchev–Trinajstić information content (AvgIpc) is 3.42. The molecule has 6 nitrogen and oxygen atoms in total. The summed E-state index contributed by atoms with van der Waals surface area (Å²) < 4.78 is 7.12. The third-order valence-corrected chi connectivity index (χ3v) is 6.43. The highest BCUT2D eigenvalue weighted by molar-refractivity contribution is 7.10. The van der Waals surface area contributed by atoms with Gasteiger partial charge in [-0.25, -0.2) is 4.68 Å². The van der Waals surface area contributed by atoms with Crippen molar-refractivity contribution in [2.75, 3.05) is 26.8 Å². The molecule has 0 amide bonds. The fourth-order valence-corrected chi connectivity index (χ4v) is 4.88. The Kier molecular flexibility index (Phi) is 8.18. The molecule has 1 unspecified atom stereocenters. The largest absolute Gasteiger partial charge is 0.383 e. The lowest BCUT2D eigenvalue weighted by molar-refractivity contribution is 0.141. The Morgan fingerprint density at radius 2 is 1.93 bits per heavy atom. The number of thiophene rings is 1. The summed E-state index contributed by atoms with van der Waals surface area (Å²) in [5.41, 5.74) is 1.44. The number of tetrazole rings is 1. The summed E-state index contributed by atoms with van der Waals surface area (Å²) in [6.45, 7) is 3.41. The number of aromatic nitrogens is 4. The zero-order valence-electron chi connectivity index (χ0n) is 16.7. The van der Waals surface area contributed by atoms with E-state index in [1.54, 1.807) is 18.4 Å².